The molecule has 0 bridgehead atoms. The second-order valence-electron chi connectivity index (χ2n) is 5.10. The molecule has 5 heteroatoms. The predicted octanol–water partition coefficient (Wildman–Crippen LogP) is 1.21. The maximum Gasteiger partial charge on any atom is 0.159 e. The fourth-order valence-electron chi connectivity index (χ4n) is 2.19. The van der Waals surface area contributed by atoms with Gasteiger partial charge in [0.2, 0.25) is 0 Å². The van der Waals surface area contributed by atoms with Crippen LogP contribution in [0.15, 0.2) is 0 Å². The van der Waals surface area contributed by atoms with Crippen LogP contribution in [0.25, 0.3) is 0 Å². The van der Waals surface area contributed by atoms with Crippen LogP contribution < -0.4 is 5.32 Å². The number of ether oxygens (including phenoxy) is 1. The monoisotopic (exact) mass is 263 g/mol. The summed E-state index contributed by atoms with van der Waals surface area (Å²) in [7, 11) is -3.12. The van der Waals surface area contributed by atoms with Crippen molar-refractivity contribution >= 4 is 9.84 Å². The van der Waals surface area contributed by atoms with Gasteiger partial charge in [-0.2, -0.15) is 0 Å². The van der Waals surface area contributed by atoms with E-state index in [1.807, 2.05) is 20.8 Å². The fourth-order valence-corrected chi connectivity index (χ4v) is 4.47. The minimum atomic E-state index is -3.12. The van der Waals surface area contributed by atoms with Crippen LogP contribution in [0, 0.1) is 5.92 Å². The lowest BCUT2D eigenvalue weighted by atomic mass is 10.1. The first kappa shape index (κ1) is 14.9. The smallest absolute Gasteiger partial charge is 0.159 e. The molecular weight excluding hydrogens is 238 g/mol. The van der Waals surface area contributed by atoms with Crippen molar-refractivity contribution in [1.29, 1.82) is 0 Å². The Morgan fingerprint density at radius 2 is 2.00 bits per heavy atom. The molecule has 0 aromatic heterocycles. The number of hydrogen-bond acceptors (Lipinski definition) is 4. The topological polar surface area (TPSA) is 55.4 Å². The molecule has 3 atom stereocenters. The fraction of sp³-hybridized carbons (Fsp3) is 1.00. The van der Waals surface area contributed by atoms with Gasteiger partial charge in [-0.25, -0.2) is 8.42 Å². The second kappa shape index (κ2) is 6.16. The lowest BCUT2D eigenvalue weighted by Gasteiger charge is -2.34. The molecule has 1 N–H and O–H groups in total. The highest BCUT2D eigenvalue weighted by atomic mass is 32.2. The van der Waals surface area contributed by atoms with Crippen molar-refractivity contribution in [3.63, 3.8) is 0 Å². The molecule has 1 aliphatic heterocycles. The van der Waals surface area contributed by atoms with Crippen molar-refractivity contribution < 1.29 is 13.2 Å². The molecule has 17 heavy (non-hydrogen) atoms. The molecule has 0 aromatic rings. The summed E-state index contributed by atoms with van der Waals surface area (Å²) in [5.74, 6) is 0.143. The van der Waals surface area contributed by atoms with E-state index in [9.17, 15) is 8.42 Å². The Labute approximate surface area is 105 Å². The van der Waals surface area contributed by atoms with E-state index in [0.717, 1.165) is 13.0 Å². The molecule has 1 fully saturated rings. The molecule has 0 spiro atoms. The Morgan fingerprint density at radius 3 is 2.53 bits per heavy atom. The zero-order valence-corrected chi connectivity index (χ0v) is 12.1. The largest absolute Gasteiger partial charge is 0.380 e. The van der Waals surface area contributed by atoms with Crippen LogP contribution in [0.1, 0.15) is 34.1 Å². The van der Waals surface area contributed by atoms with Crippen LogP contribution in [-0.2, 0) is 14.6 Å². The van der Waals surface area contributed by atoms with Crippen molar-refractivity contribution in [3.8, 4) is 0 Å². The Morgan fingerprint density at radius 1 is 1.35 bits per heavy atom. The molecule has 0 aromatic carbocycles. The minimum Gasteiger partial charge on any atom is -0.380 e. The molecule has 4 nitrogen and oxygen atoms in total. The van der Waals surface area contributed by atoms with Crippen molar-refractivity contribution in [2.45, 2.75) is 50.7 Å². The van der Waals surface area contributed by atoms with E-state index < -0.39 is 15.1 Å². The Bertz CT molecular complexity index is 325. The Kier molecular flexibility index (Phi) is 5.41. The summed E-state index contributed by atoms with van der Waals surface area (Å²) in [5.41, 5.74) is 0. The van der Waals surface area contributed by atoms with E-state index in [-0.39, 0.29) is 17.2 Å². The summed E-state index contributed by atoms with van der Waals surface area (Å²) in [4.78, 5) is 0. The summed E-state index contributed by atoms with van der Waals surface area (Å²) in [6.45, 7) is 9.49. The van der Waals surface area contributed by atoms with Gasteiger partial charge in [-0.1, -0.05) is 20.8 Å². The predicted molar refractivity (Wildman–Crippen MR) is 69.9 cm³/mol. The van der Waals surface area contributed by atoms with Gasteiger partial charge in [-0.3, -0.25) is 0 Å². The third-order valence-corrected chi connectivity index (χ3v) is 6.54. The molecule has 0 radical (unpaired) electrons. The highest BCUT2D eigenvalue weighted by Crippen LogP contribution is 2.23. The van der Waals surface area contributed by atoms with Crippen molar-refractivity contribution in [3.05, 3.63) is 0 Å². The van der Waals surface area contributed by atoms with Crippen LogP contribution >= 0.6 is 0 Å². The van der Waals surface area contributed by atoms with E-state index in [1.54, 1.807) is 6.92 Å². The van der Waals surface area contributed by atoms with Gasteiger partial charge in [0.1, 0.15) is 5.25 Å². The van der Waals surface area contributed by atoms with Gasteiger partial charge in [0.15, 0.2) is 9.84 Å². The van der Waals surface area contributed by atoms with Crippen LogP contribution in [0.5, 0.6) is 0 Å². The minimum absolute atomic E-state index is 0.0416. The van der Waals surface area contributed by atoms with Crippen LogP contribution in [0.2, 0.25) is 0 Å². The SMILES string of the molecule is CCNC1CCOCC1S(=O)(=O)C(C)C(C)C. The molecular formula is C12H25NO3S. The zero-order valence-electron chi connectivity index (χ0n) is 11.3. The first-order valence-electron chi connectivity index (χ1n) is 6.45. The van der Waals surface area contributed by atoms with Gasteiger partial charge >= 0.3 is 0 Å². The summed E-state index contributed by atoms with van der Waals surface area (Å²) >= 11 is 0. The van der Waals surface area contributed by atoms with E-state index in [0.29, 0.717) is 13.2 Å². The van der Waals surface area contributed by atoms with Crippen LogP contribution in [-0.4, -0.2) is 44.7 Å². The van der Waals surface area contributed by atoms with Gasteiger partial charge in [0, 0.05) is 12.6 Å². The normalized spacial score (nSPS) is 28.3. The molecule has 3 unspecified atom stereocenters. The van der Waals surface area contributed by atoms with E-state index in [1.165, 1.54) is 0 Å². The van der Waals surface area contributed by atoms with Gasteiger partial charge in [-0.15, -0.1) is 0 Å². The maximum absolute atomic E-state index is 12.5. The van der Waals surface area contributed by atoms with E-state index >= 15 is 0 Å². The molecule has 0 aliphatic carbocycles. The third kappa shape index (κ3) is 3.42. The van der Waals surface area contributed by atoms with Crippen molar-refractivity contribution in [2.24, 2.45) is 5.92 Å². The Balaban J connectivity index is 2.86. The molecule has 0 saturated carbocycles. The Hall–Kier alpha value is -0.130. The number of nitrogens with one attached hydrogen (secondary N) is 1. The quantitative estimate of drug-likeness (QED) is 0.810. The molecule has 1 rings (SSSR count). The number of hydrogen-bond donors (Lipinski definition) is 1. The lowest BCUT2D eigenvalue weighted by Crippen LogP contribution is -2.53. The summed E-state index contributed by atoms with van der Waals surface area (Å²) in [5, 5.41) is 2.57. The average Bonchev–Trinajstić information content (AvgIpc) is 2.29. The molecule has 0 amide bonds. The van der Waals surface area contributed by atoms with Crippen molar-refractivity contribution in [1.82, 2.24) is 5.32 Å². The van der Waals surface area contributed by atoms with E-state index in [2.05, 4.69) is 5.32 Å². The van der Waals surface area contributed by atoms with Gasteiger partial charge in [0.05, 0.1) is 11.9 Å². The van der Waals surface area contributed by atoms with Crippen LogP contribution in [0.3, 0.4) is 0 Å². The van der Waals surface area contributed by atoms with E-state index in [4.69, 9.17) is 4.74 Å². The van der Waals surface area contributed by atoms with Crippen LogP contribution in [0.4, 0.5) is 0 Å². The number of sulfone groups is 1. The second-order valence-corrected chi connectivity index (χ2v) is 7.63. The van der Waals surface area contributed by atoms with Crippen molar-refractivity contribution in [2.75, 3.05) is 19.8 Å². The van der Waals surface area contributed by atoms with Gasteiger partial charge < -0.3 is 10.1 Å². The number of rotatable bonds is 5. The summed E-state index contributed by atoms with van der Waals surface area (Å²) in [6, 6.07) is 0.0416. The molecule has 102 valence electrons. The lowest BCUT2D eigenvalue weighted by molar-refractivity contribution is 0.0808. The molecule has 1 heterocycles. The standard InChI is InChI=1S/C12H25NO3S/c1-5-13-11-6-7-16-8-12(11)17(14,15)10(4)9(2)3/h9-13H,5-8H2,1-4H3. The molecule has 1 saturated heterocycles. The maximum atomic E-state index is 12.5. The zero-order chi connectivity index (χ0) is 13.1. The highest BCUT2D eigenvalue weighted by Gasteiger charge is 2.39. The third-order valence-electron chi connectivity index (χ3n) is 3.65. The first-order chi connectivity index (χ1) is 7.91. The van der Waals surface area contributed by atoms with Gasteiger partial charge in [-0.05, 0) is 25.8 Å². The van der Waals surface area contributed by atoms with Gasteiger partial charge in [0.25, 0.3) is 0 Å². The average molecular weight is 263 g/mol. The molecule has 1 aliphatic rings. The summed E-state index contributed by atoms with van der Waals surface area (Å²) in [6.07, 6.45) is 0.780. The first-order valence-corrected chi connectivity index (χ1v) is 8.06. The summed E-state index contributed by atoms with van der Waals surface area (Å²) < 4.78 is 30.3. The highest BCUT2D eigenvalue weighted by molar-refractivity contribution is 7.92.